The van der Waals surface area contributed by atoms with E-state index in [4.69, 9.17) is 22.1 Å². The van der Waals surface area contributed by atoms with E-state index in [1.807, 2.05) is 0 Å². The summed E-state index contributed by atoms with van der Waals surface area (Å²) in [5, 5.41) is 0.573. The molecule has 0 aromatic heterocycles. The van der Waals surface area contributed by atoms with E-state index < -0.39 is 24.9 Å². The number of benzene rings is 1. The van der Waals surface area contributed by atoms with E-state index in [1.54, 1.807) is 29.2 Å². The van der Waals surface area contributed by atoms with Gasteiger partial charge in [-0.3, -0.25) is 4.90 Å². The molecule has 0 spiro atoms. The number of rotatable bonds is 5. The fraction of sp³-hybridized carbons (Fsp3) is 0.533. The van der Waals surface area contributed by atoms with Crippen molar-refractivity contribution in [3.05, 3.63) is 29.3 Å². The number of carbonyl (C=O) groups is 1. The van der Waals surface area contributed by atoms with Gasteiger partial charge in [0.1, 0.15) is 11.9 Å². The largest absolute Gasteiger partial charge is 0.489 e. The van der Waals surface area contributed by atoms with Crippen LogP contribution < -0.4 is 10.5 Å². The maximum absolute atomic E-state index is 12.9. The number of alkyl halides is 3. The van der Waals surface area contributed by atoms with Gasteiger partial charge >= 0.3 is 12.3 Å². The second-order valence-corrected chi connectivity index (χ2v) is 6.00. The predicted octanol–water partition coefficient (Wildman–Crippen LogP) is 3.21. The van der Waals surface area contributed by atoms with E-state index in [0.717, 1.165) is 6.42 Å². The molecule has 1 heterocycles. The van der Waals surface area contributed by atoms with Crippen LogP contribution in [0.15, 0.2) is 24.3 Å². The van der Waals surface area contributed by atoms with Crippen molar-refractivity contribution in [3.63, 3.8) is 0 Å². The Labute approximate surface area is 142 Å². The number of nitrogens with two attached hydrogens (primary N) is 1. The molecule has 134 valence electrons. The Morgan fingerprint density at radius 1 is 1.38 bits per heavy atom. The number of ether oxygens (including phenoxy) is 2. The van der Waals surface area contributed by atoms with Crippen LogP contribution in [-0.2, 0) is 4.74 Å². The van der Waals surface area contributed by atoms with Gasteiger partial charge < -0.3 is 15.2 Å². The van der Waals surface area contributed by atoms with Gasteiger partial charge in [-0.05, 0) is 43.7 Å². The quantitative estimate of drug-likeness (QED) is 0.869. The van der Waals surface area contributed by atoms with Gasteiger partial charge in [-0.1, -0.05) is 11.6 Å². The van der Waals surface area contributed by atoms with Crippen LogP contribution in [0.4, 0.5) is 18.0 Å². The molecule has 1 fully saturated rings. The molecule has 0 saturated carbocycles. The Bertz CT molecular complexity index is 554. The van der Waals surface area contributed by atoms with Crippen LogP contribution in [-0.4, -0.2) is 49.0 Å². The fourth-order valence-corrected chi connectivity index (χ4v) is 2.69. The lowest BCUT2D eigenvalue weighted by Gasteiger charge is -2.35. The molecule has 5 nitrogen and oxygen atoms in total. The summed E-state index contributed by atoms with van der Waals surface area (Å²) >= 11 is 5.80. The van der Waals surface area contributed by atoms with Gasteiger partial charge in [0.25, 0.3) is 0 Å². The standard InChI is InChI=1S/C15H18ClF3N2O3/c16-10-3-5-11(6-4-10)23-12-2-1-7-21(8-12)9-13(15(17,18)19)24-14(20)22/h3-6,12-13H,1-2,7-9H2,(H2,20,22)/t12-,13+/m1/s1. The minimum atomic E-state index is -4.67. The smallest absolute Gasteiger partial charge is 0.426 e. The summed E-state index contributed by atoms with van der Waals surface area (Å²) in [5.41, 5.74) is 4.72. The minimum Gasteiger partial charge on any atom is -0.489 e. The number of amides is 1. The first-order valence-electron chi connectivity index (χ1n) is 7.41. The molecule has 0 bridgehead atoms. The van der Waals surface area contributed by atoms with Crippen molar-refractivity contribution in [1.29, 1.82) is 0 Å². The molecule has 0 aliphatic carbocycles. The first kappa shape index (κ1) is 18.7. The molecular weight excluding hydrogens is 349 g/mol. The molecular formula is C15H18ClF3N2O3. The molecule has 1 aliphatic rings. The molecule has 24 heavy (non-hydrogen) atoms. The van der Waals surface area contributed by atoms with Crippen molar-refractivity contribution >= 4 is 17.7 Å². The zero-order chi connectivity index (χ0) is 17.7. The lowest BCUT2D eigenvalue weighted by molar-refractivity contribution is -0.208. The summed E-state index contributed by atoms with van der Waals surface area (Å²) in [6, 6.07) is 6.77. The first-order valence-corrected chi connectivity index (χ1v) is 7.79. The molecule has 2 atom stereocenters. The summed E-state index contributed by atoms with van der Waals surface area (Å²) < 4.78 is 48.7. The summed E-state index contributed by atoms with van der Waals surface area (Å²) in [4.78, 5) is 12.2. The van der Waals surface area contributed by atoms with E-state index in [-0.39, 0.29) is 6.10 Å². The van der Waals surface area contributed by atoms with E-state index in [0.29, 0.717) is 30.3 Å². The Balaban J connectivity index is 1.93. The number of carbonyl (C=O) groups excluding carboxylic acids is 1. The molecule has 2 N–H and O–H groups in total. The van der Waals surface area contributed by atoms with Gasteiger partial charge in [0.2, 0.25) is 6.10 Å². The highest BCUT2D eigenvalue weighted by molar-refractivity contribution is 6.30. The average molecular weight is 367 g/mol. The normalized spacial score (nSPS) is 20.4. The summed E-state index contributed by atoms with van der Waals surface area (Å²) in [7, 11) is 0. The third-order valence-corrected chi connectivity index (χ3v) is 3.88. The van der Waals surface area contributed by atoms with Crippen molar-refractivity contribution in [1.82, 2.24) is 4.90 Å². The third-order valence-electron chi connectivity index (χ3n) is 3.63. The van der Waals surface area contributed by atoms with Gasteiger partial charge in [0.15, 0.2) is 0 Å². The zero-order valence-electron chi connectivity index (χ0n) is 12.8. The number of likely N-dealkylation sites (tertiary alicyclic amines) is 1. The fourth-order valence-electron chi connectivity index (χ4n) is 2.56. The molecule has 1 amide bonds. The molecule has 1 aliphatic heterocycles. The van der Waals surface area contributed by atoms with Crippen molar-refractivity contribution in [2.24, 2.45) is 5.73 Å². The SMILES string of the molecule is NC(=O)O[C@@H](CN1CCC[C@@H](Oc2ccc(Cl)cc2)C1)C(F)(F)F. The van der Waals surface area contributed by atoms with Crippen molar-refractivity contribution in [2.45, 2.75) is 31.2 Å². The molecule has 1 aromatic carbocycles. The summed E-state index contributed by atoms with van der Waals surface area (Å²) in [5.74, 6) is 0.604. The lowest BCUT2D eigenvalue weighted by atomic mass is 10.1. The number of piperidine rings is 1. The summed E-state index contributed by atoms with van der Waals surface area (Å²) in [6.07, 6.45) is -7.19. The van der Waals surface area contributed by atoms with Gasteiger partial charge in [0, 0.05) is 18.1 Å². The monoisotopic (exact) mass is 366 g/mol. The number of halogens is 4. The minimum absolute atomic E-state index is 0.248. The zero-order valence-corrected chi connectivity index (χ0v) is 13.5. The Hall–Kier alpha value is -1.67. The number of primary amides is 1. The van der Waals surface area contributed by atoms with Crippen LogP contribution in [0.25, 0.3) is 0 Å². The second kappa shape index (κ2) is 7.94. The molecule has 1 aromatic rings. The highest BCUT2D eigenvalue weighted by atomic mass is 35.5. The molecule has 1 saturated heterocycles. The van der Waals surface area contributed by atoms with E-state index in [9.17, 15) is 18.0 Å². The maximum atomic E-state index is 12.9. The lowest BCUT2D eigenvalue weighted by Crippen LogP contribution is -2.49. The average Bonchev–Trinajstić information content (AvgIpc) is 2.48. The second-order valence-electron chi connectivity index (χ2n) is 5.56. The van der Waals surface area contributed by atoms with Crippen molar-refractivity contribution in [3.8, 4) is 5.75 Å². The molecule has 0 radical (unpaired) electrons. The van der Waals surface area contributed by atoms with Gasteiger partial charge in [-0.2, -0.15) is 13.2 Å². The Morgan fingerprint density at radius 3 is 2.62 bits per heavy atom. The van der Waals surface area contributed by atoms with E-state index in [2.05, 4.69) is 4.74 Å². The Morgan fingerprint density at radius 2 is 2.04 bits per heavy atom. The number of hydrogen-bond donors (Lipinski definition) is 1. The predicted molar refractivity (Wildman–Crippen MR) is 82.1 cm³/mol. The Kier molecular flexibility index (Phi) is 6.17. The van der Waals surface area contributed by atoms with Crippen LogP contribution in [0.1, 0.15) is 12.8 Å². The van der Waals surface area contributed by atoms with Crippen LogP contribution >= 0.6 is 11.6 Å². The van der Waals surface area contributed by atoms with Gasteiger partial charge in [0.05, 0.1) is 0 Å². The van der Waals surface area contributed by atoms with Crippen LogP contribution in [0.5, 0.6) is 5.75 Å². The van der Waals surface area contributed by atoms with Crippen LogP contribution in [0, 0.1) is 0 Å². The van der Waals surface area contributed by atoms with Gasteiger partial charge in [-0.25, -0.2) is 4.79 Å². The van der Waals surface area contributed by atoms with Crippen molar-refractivity contribution in [2.75, 3.05) is 19.6 Å². The topological polar surface area (TPSA) is 64.8 Å². The first-order chi connectivity index (χ1) is 11.2. The maximum Gasteiger partial charge on any atom is 0.426 e. The molecule has 9 heteroatoms. The highest BCUT2D eigenvalue weighted by Crippen LogP contribution is 2.26. The van der Waals surface area contributed by atoms with Crippen LogP contribution in [0.2, 0.25) is 5.02 Å². The molecule has 0 unspecified atom stereocenters. The third kappa shape index (κ3) is 5.76. The van der Waals surface area contributed by atoms with Crippen molar-refractivity contribution < 1.29 is 27.4 Å². The van der Waals surface area contributed by atoms with E-state index >= 15 is 0 Å². The van der Waals surface area contributed by atoms with Crippen LogP contribution in [0.3, 0.4) is 0 Å². The number of nitrogens with zero attached hydrogens (tertiary/aromatic N) is 1. The number of hydrogen-bond acceptors (Lipinski definition) is 4. The van der Waals surface area contributed by atoms with Gasteiger partial charge in [-0.15, -0.1) is 0 Å². The van der Waals surface area contributed by atoms with E-state index in [1.165, 1.54) is 0 Å². The highest BCUT2D eigenvalue weighted by Gasteiger charge is 2.44. The summed E-state index contributed by atoms with van der Waals surface area (Å²) in [6.45, 7) is 0.305. The molecule has 2 rings (SSSR count).